The SMILES string of the molecule is COCCN1C(=O)C(C)(C)c2cc(NC(=O)c3coc(C)c3)c([N+](=O)[O-])cc21. The molecule has 1 N–H and O–H groups in total. The lowest BCUT2D eigenvalue weighted by molar-refractivity contribution is -0.383. The van der Waals surface area contributed by atoms with Crippen molar-refractivity contribution in [1.29, 1.82) is 0 Å². The zero-order valence-corrected chi connectivity index (χ0v) is 16.1. The van der Waals surface area contributed by atoms with Gasteiger partial charge in [0, 0.05) is 19.7 Å². The van der Waals surface area contributed by atoms with Crippen LogP contribution in [-0.2, 0) is 14.9 Å². The molecule has 2 aromatic rings. The molecule has 3 rings (SSSR count). The predicted octanol–water partition coefficient (Wildman–Crippen LogP) is 3.02. The van der Waals surface area contributed by atoms with E-state index in [1.54, 1.807) is 20.8 Å². The van der Waals surface area contributed by atoms with Gasteiger partial charge in [-0.2, -0.15) is 0 Å². The van der Waals surface area contributed by atoms with Crippen molar-refractivity contribution < 1.29 is 23.7 Å². The Labute approximate surface area is 161 Å². The predicted molar refractivity (Wildman–Crippen MR) is 102 cm³/mol. The number of ether oxygens (including phenoxy) is 1. The average molecular weight is 387 g/mol. The molecule has 0 fully saturated rings. The largest absolute Gasteiger partial charge is 0.469 e. The summed E-state index contributed by atoms with van der Waals surface area (Å²) >= 11 is 0. The summed E-state index contributed by atoms with van der Waals surface area (Å²) in [5.41, 5.74) is 0.171. The topological polar surface area (TPSA) is 115 Å². The third kappa shape index (κ3) is 3.24. The second-order valence-electron chi connectivity index (χ2n) is 7.12. The van der Waals surface area contributed by atoms with E-state index in [1.165, 1.54) is 36.5 Å². The number of amides is 2. The van der Waals surface area contributed by atoms with E-state index in [0.29, 0.717) is 23.6 Å². The highest BCUT2D eigenvalue weighted by molar-refractivity contribution is 6.10. The highest BCUT2D eigenvalue weighted by Crippen LogP contribution is 2.46. The van der Waals surface area contributed by atoms with Gasteiger partial charge in [0.15, 0.2) is 0 Å². The lowest BCUT2D eigenvalue weighted by Gasteiger charge is -2.19. The first kappa shape index (κ1) is 19.6. The summed E-state index contributed by atoms with van der Waals surface area (Å²) in [5.74, 6) is -0.157. The van der Waals surface area contributed by atoms with Gasteiger partial charge in [-0.25, -0.2) is 0 Å². The van der Waals surface area contributed by atoms with Crippen LogP contribution in [0.5, 0.6) is 0 Å². The molecule has 0 unspecified atom stereocenters. The maximum absolute atomic E-state index is 12.8. The molecule has 2 heterocycles. The van der Waals surface area contributed by atoms with Crippen molar-refractivity contribution in [2.24, 2.45) is 0 Å². The molecule has 1 aromatic heterocycles. The molecular weight excluding hydrogens is 366 g/mol. The number of furan rings is 1. The fraction of sp³-hybridized carbons (Fsp3) is 0.368. The number of anilines is 2. The van der Waals surface area contributed by atoms with Crippen LogP contribution >= 0.6 is 0 Å². The zero-order valence-electron chi connectivity index (χ0n) is 16.1. The lowest BCUT2D eigenvalue weighted by atomic mass is 9.85. The Morgan fingerprint density at radius 3 is 2.64 bits per heavy atom. The molecule has 148 valence electrons. The summed E-state index contributed by atoms with van der Waals surface area (Å²) in [5, 5.41) is 14.2. The van der Waals surface area contributed by atoms with E-state index in [0.717, 1.165) is 0 Å². The number of hydrogen-bond acceptors (Lipinski definition) is 6. The standard InChI is InChI=1S/C19H21N3O6/c1-11-7-12(10-28-11)17(23)20-14-8-13-15(9-16(14)22(25)26)21(5-6-27-4)18(24)19(13,2)3/h7-10H,5-6H2,1-4H3,(H,20,23). The van der Waals surface area contributed by atoms with Gasteiger partial charge in [0.2, 0.25) is 5.91 Å². The van der Waals surface area contributed by atoms with Crippen molar-refractivity contribution in [2.75, 3.05) is 30.5 Å². The van der Waals surface area contributed by atoms with Gasteiger partial charge < -0.3 is 19.4 Å². The zero-order chi connectivity index (χ0) is 20.6. The van der Waals surface area contributed by atoms with Crippen molar-refractivity contribution in [3.05, 3.63) is 51.5 Å². The van der Waals surface area contributed by atoms with E-state index in [-0.39, 0.29) is 29.4 Å². The van der Waals surface area contributed by atoms with E-state index < -0.39 is 16.2 Å². The van der Waals surface area contributed by atoms with Gasteiger partial charge in [-0.15, -0.1) is 0 Å². The number of nitrogens with one attached hydrogen (secondary N) is 1. The van der Waals surface area contributed by atoms with E-state index >= 15 is 0 Å². The van der Waals surface area contributed by atoms with Crippen LogP contribution in [0.4, 0.5) is 17.1 Å². The van der Waals surface area contributed by atoms with Gasteiger partial charge in [-0.1, -0.05) is 0 Å². The number of methoxy groups -OCH3 is 1. The fourth-order valence-electron chi connectivity index (χ4n) is 3.28. The van der Waals surface area contributed by atoms with Crippen LogP contribution in [0.25, 0.3) is 0 Å². The number of nitro groups is 1. The van der Waals surface area contributed by atoms with Crippen molar-refractivity contribution >= 4 is 28.9 Å². The molecule has 0 radical (unpaired) electrons. The lowest BCUT2D eigenvalue weighted by Crippen LogP contribution is -2.37. The quantitative estimate of drug-likeness (QED) is 0.602. The molecule has 0 saturated heterocycles. The van der Waals surface area contributed by atoms with Crippen molar-refractivity contribution in [3.8, 4) is 0 Å². The summed E-state index contributed by atoms with van der Waals surface area (Å²) in [6, 6.07) is 4.37. The van der Waals surface area contributed by atoms with E-state index in [1.807, 2.05) is 0 Å². The Morgan fingerprint density at radius 1 is 1.36 bits per heavy atom. The number of nitro benzene ring substituents is 1. The van der Waals surface area contributed by atoms with Crippen LogP contribution in [0.2, 0.25) is 0 Å². The van der Waals surface area contributed by atoms with Crippen LogP contribution in [0.1, 0.15) is 35.5 Å². The Morgan fingerprint density at radius 2 is 2.07 bits per heavy atom. The minimum atomic E-state index is -0.885. The third-order valence-corrected chi connectivity index (χ3v) is 4.81. The number of carbonyl (C=O) groups excluding carboxylic acids is 2. The molecule has 0 bridgehead atoms. The minimum Gasteiger partial charge on any atom is -0.469 e. The molecule has 0 atom stereocenters. The molecule has 0 spiro atoms. The Hall–Kier alpha value is -3.20. The highest BCUT2D eigenvalue weighted by atomic mass is 16.6. The molecule has 0 aliphatic carbocycles. The van der Waals surface area contributed by atoms with Gasteiger partial charge in [0.05, 0.1) is 28.2 Å². The molecule has 2 amide bonds. The van der Waals surface area contributed by atoms with Gasteiger partial charge in [-0.3, -0.25) is 19.7 Å². The minimum absolute atomic E-state index is 0.0297. The maximum atomic E-state index is 12.8. The van der Waals surface area contributed by atoms with Gasteiger partial charge >= 0.3 is 0 Å². The molecule has 1 aromatic carbocycles. The monoisotopic (exact) mass is 387 g/mol. The summed E-state index contributed by atoms with van der Waals surface area (Å²) in [6.07, 6.45) is 1.28. The second kappa shape index (κ2) is 7.08. The fourth-order valence-corrected chi connectivity index (χ4v) is 3.28. The van der Waals surface area contributed by atoms with Crippen LogP contribution in [-0.4, -0.2) is 37.0 Å². The van der Waals surface area contributed by atoms with Crippen molar-refractivity contribution in [1.82, 2.24) is 0 Å². The number of benzene rings is 1. The van der Waals surface area contributed by atoms with Gasteiger partial charge in [0.1, 0.15) is 17.7 Å². The summed E-state index contributed by atoms with van der Waals surface area (Å²) in [6.45, 7) is 5.77. The first-order valence-electron chi connectivity index (χ1n) is 8.67. The number of fused-ring (bicyclic) bond motifs is 1. The van der Waals surface area contributed by atoms with Crippen LogP contribution in [0.15, 0.2) is 28.9 Å². The van der Waals surface area contributed by atoms with Crippen LogP contribution in [0.3, 0.4) is 0 Å². The smallest absolute Gasteiger partial charge is 0.294 e. The van der Waals surface area contributed by atoms with E-state index in [2.05, 4.69) is 5.32 Å². The Bertz CT molecular complexity index is 963. The molecule has 1 aliphatic heterocycles. The van der Waals surface area contributed by atoms with E-state index in [9.17, 15) is 19.7 Å². The van der Waals surface area contributed by atoms with Gasteiger partial charge in [0.25, 0.3) is 11.6 Å². The van der Waals surface area contributed by atoms with Crippen LogP contribution < -0.4 is 10.2 Å². The van der Waals surface area contributed by atoms with Gasteiger partial charge in [-0.05, 0) is 38.5 Å². The van der Waals surface area contributed by atoms with Crippen molar-refractivity contribution in [2.45, 2.75) is 26.2 Å². The molecule has 9 heteroatoms. The van der Waals surface area contributed by atoms with Crippen molar-refractivity contribution in [3.63, 3.8) is 0 Å². The molecule has 28 heavy (non-hydrogen) atoms. The highest BCUT2D eigenvalue weighted by Gasteiger charge is 2.45. The second-order valence-corrected chi connectivity index (χ2v) is 7.12. The first-order valence-corrected chi connectivity index (χ1v) is 8.67. The number of nitrogens with zero attached hydrogens (tertiary/aromatic N) is 2. The number of rotatable bonds is 6. The molecular formula is C19H21N3O6. The maximum Gasteiger partial charge on any atom is 0.294 e. The Kier molecular flexibility index (Phi) is 4.95. The number of hydrogen-bond donors (Lipinski definition) is 1. The number of carbonyl (C=O) groups is 2. The normalized spacial score (nSPS) is 14.9. The Balaban J connectivity index is 2.05. The molecule has 9 nitrogen and oxygen atoms in total. The summed E-state index contributed by atoms with van der Waals surface area (Å²) in [4.78, 5) is 37.8. The summed E-state index contributed by atoms with van der Waals surface area (Å²) < 4.78 is 10.2. The molecule has 0 saturated carbocycles. The summed E-state index contributed by atoms with van der Waals surface area (Å²) in [7, 11) is 1.52. The van der Waals surface area contributed by atoms with E-state index in [4.69, 9.17) is 9.15 Å². The first-order chi connectivity index (χ1) is 13.2. The van der Waals surface area contributed by atoms with Crippen LogP contribution in [0, 0.1) is 17.0 Å². The average Bonchev–Trinajstić information content (AvgIpc) is 3.14. The number of aryl methyl sites for hydroxylation is 1. The molecule has 1 aliphatic rings. The third-order valence-electron chi connectivity index (χ3n) is 4.81.